The first-order valence-corrected chi connectivity index (χ1v) is 9.67. The summed E-state index contributed by atoms with van der Waals surface area (Å²) >= 11 is 0. The van der Waals surface area contributed by atoms with E-state index >= 15 is 0 Å². The maximum Gasteiger partial charge on any atom is 0.191 e. The Morgan fingerprint density at radius 3 is 2.81 bits per heavy atom. The Morgan fingerprint density at radius 1 is 1.27 bits per heavy atom. The Hall–Kier alpha value is -0.900. The molecule has 7 nitrogen and oxygen atoms in total. The van der Waals surface area contributed by atoms with Crippen molar-refractivity contribution in [3.8, 4) is 0 Å². The van der Waals surface area contributed by atoms with Gasteiger partial charge in [0.25, 0.3) is 0 Å². The van der Waals surface area contributed by atoms with Crippen LogP contribution in [0.3, 0.4) is 0 Å². The van der Waals surface area contributed by atoms with Gasteiger partial charge in [0.05, 0.1) is 6.54 Å². The number of nitrogens with zero attached hydrogens (tertiary/aromatic N) is 4. The molecule has 1 aromatic heterocycles. The average molecular weight is 476 g/mol. The molecule has 1 unspecified atom stereocenters. The van der Waals surface area contributed by atoms with Crippen LogP contribution in [-0.4, -0.2) is 47.5 Å². The number of aromatic nitrogens is 3. The number of aryl methyl sites for hydroxylation is 1. The fraction of sp³-hybridized carbons (Fsp3) is 0.833. The van der Waals surface area contributed by atoms with Crippen LogP contribution in [0.5, 0.6) is 0 Å². The second-order valence-electron chi connectivity index (χ2n) is 7.23. The molecule has 1 aromatic rings. The van der Waals surface area contributed by atoms with Crippen molar-refractivity contribution in [1.29, 1.82) is 0 Å². The lowest BCUT2D eigenvalue weighted by atomic mass is 9.87. The Bertz CT molecular complexity index is 570. The fourth-order valence-electron chi connectivity index (χ4n) is 3.93. The third-order valence-electron chi connectivity index (χ3n) is 5.31. The van der Waals surface area contributed by atoms with Crippen LogP contribution in [0.1, 0.15) is 56.6 Å². The maximum absolute atomic E-state index is 5.13. The van der Waals surface area contributed by atoms with Gasteiger partial charge >= 0.3 is 0 Å². The van der Waals surface area contributed by atoms with E-state index in [-0.39, 0.29) is 24.0 Å². The summed E-state index contributed by atoms with van der Waals surface area (Å²) in [5.41, 5.74) is 0. The van der Waals surface area contributed by atoms with E-state index in [9.17, 15) is 0 Å². The number of halogens is 1. The number of hydrogen-bond acceptors (Lipinski definition) is 4. The molecule has 2 aliphatic rings. The van der Waals surface area contributed by atoms with Crippen molar-refractivity contribution in [2.24, 2.45) is 10.9 Å². The Kier molecular flexibility index (Phi) is 9.10. The van der Waals surface area contributed by atoms with Crippen LogP contribution >= 0.6 is 24.0 Å². The second kappa shape index (κ2) is 11.1. The standard InChI is InChI=1S/C18H32N6O.HI/c1-19-18(20-11-10-14-6-4-3-5-7-14)21-15-8-9-17-22-16(13-25-2)23-24(17)12-15;/h14-15H,3-13H2,1-2H3,(H2,19,20,21);1H. The van der Waals surface area contributed by atoms with Crippen LogP contribution in [0.4, 0.5) is 0 Å². The van der Waals surface area contributed by atoms with Crippen LogP contribution in [-0.2, 0) is 24.3 Å². The van der Waals surface area contributed by atoms with Crippen LogP contribution < -0.4 is 10.6 Å². The third kappa shape index (κ3) is 6.07. The van der Waals surface area contributed by atoms with Crippen LogP contribution in [0.25, 0.3) is 0 Å². The van der Waals surface area contributed by atoms with Crippen molar-refractivity contribution >= 4 is 29.9 Å². The Morgan fingerprint density at radius 2 is 2.08 bits per heavy atom. The monoisotopic (exact) mass is 476 g/mol. The fourth-order valence-corrected chi connectivity index (χ4v) is 3.93. The maximum atomic E-state index is 5.13. The molecule has 1 aliphatic heterocycles. The molecule has 2 N–H and O–H groups in total. The van der Waals surface area contributed by atoms with Gasteiger partial charge in [0, 0.05) is 33.2 Å². The number of nitrogens with one attached hydrogen (secondary N) is 2. The first kappa shape index (κ1) is 21.4. The highest BCUT2D eigenvalue weighted by molar-refractivity contribution is 14.0. The molecule has 0 amide bonds. The SMILES string of the molecule is CN=C(NCCC1CCCCC1)NC1CCc2nc(COC)nn2C1.I. The van der Waals surface area contributed by atoms with Gasteiger partial charge in [0.1, 0.15) is 12.4 Å². The molecular weight excluding hydrogens is 443 g/mol. The molecule has 0 bridgehead atoms. The van der Waals surface area contributed by atoms with Crippen LogP contribution in [0.15, 0.2) is 4.99 Å². The largest absolute Gasteiger partial charge is 0.377 e. The lowest BCUT2D eigenvalue weighted by Gasteiger charge is -2.26. The summed E-state index contributed by atoms with van der Waals surface area (Å²) < 4.78 is 7.13. The van der Waals surface area contributed by atoms with E-state index in [1.807, 2.05) is 11.7 Å². The summed E-state index contributed by atoms with van der Waals surface area (Å²) in [5.74, 6) is 3.63. The summed E-state index contributed by atoms with van der Waals surface area (Å²) in [5, 5.41) is 11.6. The third-order valence-corrected chi connectivity index (χ3v) is 5.31. The minimum atomic E-state index is 0. The van der Waals surface area contributed by atoms with Gasteiger partial charge in [-0.05, 0) is 18.8 Å². The van der Waals surface area contributed by atoms with Crippen molar-refractivity contribution in [3.05, 3.63) is 11.6 Å². The molecule has 0 saturated heterocycles. The highest BCUT2D eigenvalue weighted by atomic mass is 127. The summed E-state index contributed by atoms with van der Waals surface area (Å²) in [4.78, 5) is 8.91. The second-order valence-corrected chi connectivity index (χ2v) is 7.23. The summed E-state index contributed by atoms with van der Waals surface area (Å²) in [6.07, 6.45) is 10.3. The molecular formula is C18H33IN6O. The van der Waals surface area contributed by atoms with Crippen LogP contribution in [0.2, 0.25) is 0 Å². The van der Waals surface area contributed by atoms with Gasteiger partial charge in [-0.3, -0.25) is 4.99 Å². The van der Waals surface area contributed by atoms with Crippen molar-refractivity contribution < 1.29 is 4.74 Å². The molecule has 1 atom stereocenters. The molecule has 0 radical (unpaired) electrons. The number of methoxy groups -OCH3 is 1. The van der Waals surface area contributed by atoms with E-state index < -0.39 is 0 Å². The predicted octanol–water partition coefficient (Wildman–Crippen LogP) is 2.49. The van der Waals surface area contributed by atoms with Gasteiger partial charge in [-0.25, -0.2) is 9.67 Å². The van der Waals surface area contributed by atoms with Crippen molar-refractivity contribution in [2.45, 2.75) is 70.6 Å². The van der Waals surface area contributed by atoms with Gasteiger partial charge in [-0.2, -0.15) is 5.10 Å². The molecule has 2 heterocycles. The zero-order valence-electron chi connectivity index (χ0n) is 16.0. The van der Waals surface area contributed by atoms with Crippen molar-refractivity contribution in [2.75, 3.05) is 20.7 Å². The number of fused-ring (bicyclic) bond motifs is 1. The molecule has 1 aliphatic carbocycles. The topological polar surface area (TPSA) is 76.4 Å². The molecule has 1 fully saturated rings. The zero-order valence-corrected chi connectivity index (χ0v) is 18.4. The number of rotatable bonds is 6. The van der Waals surface area contributed by atoms with E-state index in [1.165, 1.54) is 38.5 Å². The number of guanidine groups is 1. The van der Waals surface area contributed by atoms with Crippen molar-refractivity contribution in [1.82, 2.24) is 25.4 Å². The smallest absolute Gasteiger partial charge is 0.191 e. The lowest BCUT2D eigenvalue weighted by Crippen LogP contribution is -2.47. The predicted molar refractivity (Wildman–Crippen MR) is 114 cm³/mol. The Labute approximate surface area is 173 Å². The molecule has 26 heavy (non-hydrogen) atoms. The molecule has 3 rings (SSSR count). The summed E-state index contributed by atoms with van der Waals surface area (Å²) in [7, 11) is 3.52. The highest BCUT2D eigenvalue weighted by Crippen LogP contribution is 2.25. The molecule has 0 aromatic carbocycles. The number of ether oxygens (including phenoxy) is 1. The molecule has 0 spiro atoms. The van der Waals surface area contributed by atoms with Gasteiger partial charge in [0.15, 0.2) is 11.8 Å². The Balaban J connectivity index is 0.00000243. The van der Waals surface area contributed by atoms with E-state index in [2.05, 4.69) is 25.7 Å². The van der Waals surface area contributed by atoms with Crippen LogP contribution in [0, 0.1) is 5.92 Å². The first-order valence-electron chi connectivity index (χ1n) is 9.67. The average Bonchev–Trinajstić information content (AvgIpc) is 3.03. The summed E-state index contributed by atoms with van der Waals surface area (Å²) in [6, 6.07) is 0.338. The highest BCUT2D eigenvalue weighted by Gasteiger charge is 2.22. The van der Waals surface area contributed by atoms with Crippen molar-refractivity contribution in [3.63, 3.8) is 0 Å². The minimum absolute atomic E-state index is 0. The minimum Gasteiger partial charge on any atom is -0.377 e. The van der Waals surface area contributed by atoms with E-state index in [0.717, 1.165) is 49.5 Å². The molecule has 148 valence electrons. The lowest BCUT2D eigenvalue weighted by molar-refractivity contribution is 0.177. The number of hydrogen-bond donors (Lipinski definition) is 2. The first-order chi connectivity index (χ1) is 12.3. The van der Waals surface area contributed by atoms with Gasteiger partial charge < -0.3 is 15.4 Å². The van der Waals surface area contributed by atoms with E-state index in [1.54, 1.807) is 7.11 Å². The number of aliphatic imine (C=N–C) groups is 1. The van der Waals surface area contributed by atoms with Gasteiger partial charge in [0.2, 0.25) is 0 Å². The normalized spacial score (nSPS) is 21.0. The zero-order chi connectivity index (χ0) is 17.5. The molecule has 1 saturated carbocycles. The molecule has 8 heteroatoms. The van der Waals surface area contributed by atoms with Gasteiger partial charge in [-0.1, -0.05) is 32.1 Å². The van der Waals surface area contributed by atoms with Gasteiger partial charge in [-0.15, -0.1) is 24.0 Å². The quantitative estimate of drug-likeness (QED) is 0.375. The van der Waals surface area contributed by atoms with E-state index in [0.29, 0.717) is 12.6 Å². The summed E-state index contributed by atoms with van der Waals surface area (Å²) in [6.45, 7) is 2.31. The van der Waals surface area contributed by atoms with E-state index in [4.69, 9.17) is 4.74 Å².